The number of carbonyl (C=O) groups is 3. The molecule has 2 rings (SSSR count). The molecule has 6 nitrogen and oxygen atoms in total. The summed E-state index contributed by atoms with van der Waals surface area (Å²) in [6, 6.07) is 12.9. The standard InChI is InChI=1S/C23H22O6/c1-15(2)21(24)27-14-13-17-5-9-19(10-6-17)29-23(26)18-7-11-20(12-8-18)28-22(25)16(3)4/h5-12H,1,3,13-14H2,2,4H3. The molecule has 0 unspecified atom stereocenters. The van der Waals surface area contributed by atoms with Gasteiger partial charge in [-0.3, -0.25) is 0 Å². The molecule has 6 heteroatoms. The van der Waals surface area contributed by atoms with Gasteiger partial charge in [0.1, 0.15) is 11.5 Å². The van der Waals surface area contributed by atoms with Gasteiger partial charge in [0.15, 0.2) is 0 Å². The molecule has 0 heterocycles. The van der Waals surface area contributed by atoms with Crippen molar-refractivity contribution in [1.29, 1.82) is 0 Å². The van der Waals surface area contributed by atoms with E-state index in [1.165, 1.54) is 24.3 Å². The highest BCUT2D eigenvalue weighted by Gasteiger charge is 2.11. The Bertz CT molecular complexity index is 923. The van der Waals surface area contributed by atoms with Gasteiger partial charge in [-0.25, -0.2) is 14.4 Å². The smallest absolute Gasteiger partial charge is 0.343 e. The van der Waals surface area contributed by atoms with Gasteiger partial charge in [0, 0.05) is 17.6 Å². The summed E-state index contributed by atoms with van der Waals surface area (Å²) < 4.78 is 15.5. The fourth-order valence-corrected chi connectivity index (χ4v) is 2.13. The van der Waals surface area contributed by atoms with Gasteiger partial charge in [0.2, 0.25) is 0 Å². The first-order valence-corrected chi connectivity index (χ1v) is 8.88. The van der Waals surface area contributed by atoms with E-state index in [0.29, 0.717) is 29.1 Å². The average molecular weight is 394 g/mol. The monoisotopic (exact) mass is 394 g/mol. The molecule has 29 heavy (non-hydrogen) atoms. The van der Waals surface area contributed by atoms with Crippen LogP contribution in [0.3, 0.4) is 0 Å². The average Bonchev–Trinajstić information content (AvgIpc) is 2.69. The van der Waals surface area contributed by atoms with Gasteiger partial charge >= 0.3 is 17.9 Å². The summed E-state index contributed by atoms with van der Waals surface area (Å²) in [5, 5.41) is 0. The minimum atomic E-state index is -0.536. The van der Waals surface area contributed by atoms with Gasteiger partial charge in [-0.1, -0.05) is 25.3 Å². The molecular weight excluding hydrogens is 372 g/mol. The molecule has 0 aliphatic carbocycles. The highest BCUT2D eigenvalue weighted by molar-refractivity contribution is 5.92. The van der Waals surface area contributed by atoms with Crippen LogP contribution in [0.1, 0.15) is 29.8 Å². The molecule has 0 spiro atoms. The van der Waals surface area contributed by atoms with E-state index >= 15 is 0 Å². The lowest BCUT2D eigenvalue weighted by atomic mass is 10.1. The molecule has 0 bridgehead atoms. The third-order valence-corrected chi connectivity index (χ3v) is 3.76. The van der Waals surface area contributed by atoms with Crippen LogP contribution in [-0.4, -0.2) is 24.5 Å². The molecule has 0 aromatic heterocycles. The van der Waals surface area contributed by atoms with Crippen LogP contribution in [0.15, 0.2) is 72.8 Å². The van der Waals surface area contributed by atoms with E-state index in [9.17, 15) is 14.4 Å². The summed E-state index contributed by atoms with van der Waals surface area (Å²) in [6.07, 6.45) is 0.539. The summed E-state index contributed by atoms with van der Waals surface area (Å²) in [4.78, 5) is 35.1. The maximum Gasteiger partial charge on any atom is 0.343 e. The first-order valence-electron chi connectivity index (χ1n) is 8.88. The van der Waals surface area contributed by atoms with E-state index in [0.717, 1.165) is 5.56 Å². The van der Waals surface area contributed by atoms with Crippen molar-refractivity contribution in [3.63, 3.8) is 0 Å². The minimum absolute atomic E-state index is 0.243. The molecule has 0 aliphatic heterocycles. The van der Waals surface area contributed by atoms with Crippen molar-refractivity contribution in [2.24, 2.45) is 0 Å². The van der Waals surface area contributed by atoms with E-state index in [1.807, 2.05) is 0 Å². The number of rotatable bonds is 8. The van der Waals surface area contributed by atoms with Crippen LogP contribution < -0.4 is 9.47 Å². The van der Waals surface area contributed by atoms with Crippen LogP contribution in [-0.2, 0) is 20.7 Å². The molecule has 0 amide bonds. The zero-order valence-electron chi connectivity index (χ0n) is 16.4. The second kappa shape index (κ2) is 10.0. The Kier molecular flexibility index (Phi) is 7.48. The number of esters is 3. The summed E-state index contributed by atoms with van der Waals surface area (Å²) in [5.74, 6) is -0.793. The summed E-state index contributed by atoms with van der Waals surface area (Å²) in [5.41, 5.74) is 1.89. The van der Waals surface area contributed by atoms with Crippen molar-refractivity contribution in [1.82, 2.24) is 0 Å². The zero-order chi connectivity index (χ0) is 21.4. The summed E-state index contributed by atoms with van der Waals surface area (Å²) in [7, 11) is 0. The lowest BCUT2D eigenvalue weighted by Crippen LogP contribution is -2.10. The number of carbonyl (C=O) groups excluding carboxylic acids is 3. The van der Waals surface area contributed by atoms with Crippen LogP contribution in [0.4, 0.5) is 0 Å². The van der Waals surface area contributed by atoms with Crippen molar-refractivity contribution in [2.45, 2.75) is 20.3 Å². The van der Waals surface area contributed by atoms with Crippen molar-refractivity contribution < 1.29 is 28.6 Å². The number of hydrogen-bond acceptors (Lipinski definition) is 6. The van der Waals surface area contributed by atoms with Gasteiger partial charge in [-0.15, -0.1) is 0 Å². The maximum absolute atomic E-state index is 12.2. The van der Waals surface area contributed by atoms with E-state index in [1.54, 1.807) is 38.1 Å². The molecule has 0 saturated carbocycles. The van der Waals surface area contributed by atoms with Gasteiger partial charge in [-0.2, -0.15) is 0 Å². The molecule has 0 N–H and O–H groups in total. The lowest BCUT2D eigenvalue weighted by molar-refractivity contribution is -0.138. The molecule has 0 aliphatic rings. The Morgan fingerprint density at radius 3 is 1.83 bits per heavy atom. The number of hydrogen-bond donors (Lipinski definition) is 0. The Hall–Kier alpha value is -3.67. The van der Waals surface area contributed by atoms with Gasteiger partial charge in [0.05, 0.1) is 12.2 Å². The predicted octanol–water partition coefficient (Wildman–Crippen LogP) is 4.05. The summed E-state index contributed by atoms with van der Waals surface area (Å²) >= 11 is 0. The SMILES string of the molecule is C=C(C)C(=O)OCCc1ccc(OC(=O)c2ccc(OC(=O)C(=C)C)cc2)cc1. The van der Waals surface area contributed by atoms with Crippen molar-refractivity contribution >= 4 is 17.9 Å². The van der Waals surface area contributed by atoms with Crippen molar-refractivity contribution in [3.8, 4) is 11.5 Å². The van der Waals surface area contributed by atoms with E-state index in [-0.39, 0.29) is 12.2 Å². The Labute approximate surface area is 169 Å². The van der Waals surface area contributed by atoms with E-state index in [2.05, 4.69) is 13.2 Å². The van der Waals surface area contributed by atoms with Gasteiger partial charge < -0.3 is 14.2 Å². The van der Waals surface area contributed by atoms with Gasteiger partial charge in [-0.05, 0) is 55.8 Å². The first kappa shape index (κ1) is 21.6. The molecule has 2 aromatic carbocycles. The van der Waals surface area contributed by atoms with Gasteiger partial charge in [0.25, 0.3) is 0 Å². The third-order valence-electron chi connectivity index (χ3n) is 3.76. The van der Waals surface area contributed by atoms with E-state index < -0.39 is 17.9 Å². The van der Waals surface area contributed by atoms with Crippen molar-refractivity contribution in [2.75, 3.05) is 6.61 Å². The molecular formula is C23H22O6. The second-order valence-corrected chi connectivity index (χ2v) is 6.39. The minimum Gasteiger partial charge on any atom is -0.462 e. The number of ether oxygens (including phenoxy) is 3. The van der Waals surface area contributed by atoms with Crippen LogP contribution >= 0.6 is 0 Å². The fourth-order valence-electron chi connectivity index (χ4n) is 2.13. The van der Waals surface area contributed by atoms with Crippen LogP contribution in [0, 0.1) is 0 Å². The maximum atomic E-state index is 12.2. The highest BCUT2D eigenvalue weighted by Crippen LogP contribution is 2.17. The third kappa shape index (κ3) is 6.77. The van der Waals surface area contributed by atoms with Crippen LogP contribution in [0.2, 0.25) is 0 Å². The Morgan fingerprint density at radius 2 is 1.28 bits per heavy atom. The van der Waals surface area contributed by atoms with E-state index in [4.69, 9.17) is 14.2 Å². The normalized spacial score (nSPS) is 10.0. The molecule has 0 fully saturated rings. The molecule has 150 valence electrons. The Balaban J connectivity index is 1.88. The largest absolute Gasteiger partial charge is 0.462 e. The van der Waals surface area contributed by atoms with Crippen LogP contribution in [0.25, 0.3) is 0 Å². The molecule has 0 saturated heterocycles. The summed E-state index contributed by atoms with van der Waals surface area (Å²) in [6.45, 7) is 10.4. The van der Waals surface area contributed by atoms with Crippen LogP contribution in [0.5, 0.6) is 11.5 Å². The molecule has 2 aromatic rings. The van der Waals surface area contributed by atoms with Crippen molar-refractivity contribution in [3.05, 3.63) is 84.0 Å². The fraction of sp³-hybridized carbons (Fsp3) is 0.174. The predicted molar refractivity (Wildman–Crippen MR) is 108 cm³/mol. The second-order valence-electron chi connectivity index (χ2n) is 6.39. The first-order chi connectivity index (χ1) is 13.8. The zero-order valence-corrected chi connectivity index (χ0v) is 16.4. The molecule has 0 atom stereocenters. The Morgan fingerprint density at radius 1 is 0.759 bits per heavy atom. The quantitative estimate of drug-likeness (QED) is 0.382. The molecule has 0 radical (unpaired) electrons. The topological polar surface area (TPSA) is 78.9 Å². The number of benzene rings is 2. The lowest BCUT2D eigenvalue weighted by Gasteiger charge is -2.08. The highest BCUT2D eigenvalue weighted by atomic mass is 16.5.